The molecule has 0 spiro atoms. The highest BCUT2D eigenvalue weighted by molar-refractivity contribution is 5.81. The van der Waals surface area contributed by atoms with E-state index < -0.39 is 6.04 Å². The molecule has 1 unspecified atom stereocenters. The molecule has 0 heterocycles. The van der Waals surface area contributed by atoms with Crippen LogP contribution in [0.1, 0.15) is 31.4 Å². The van der Waals surface area contributed by atoms with E-state index in [1.807, 2.05) is 26.0 Å². The number of amides is 1. The summed E-state index contributed by atoms with van der Waals surface area (Å²) in [6.45, 7) is 6.78. The third-order valence-corrected chi connectivity index (χ3v) is 3.51. The van der Waals surface area contributed by atoms with Crippen LogP contribution < -0.4 is 11.1 Å². The van der Waals surface area contributed by atoms with E-state index >= 15 is 0 Å². The van der Waals surface area contributed by atoms with Gasteiger partial charge in [0.2, 0.25) is 5.91 Å². The van der Waals surface area contributed by atoms with Crippen LogP contribution in [-0.2, 0) is 11.2 Å². The van der Waals surface area contributed by atoms with Gasteiger partial charge in [-0.3, -0.25) is 4.79 Å². The molecule has 1 aromatic rings. The van der Waals surface area contributed by atoms with Crippen LogP contribution in [0.15, 0.2) is 24.3 Å². The minimum absolute atomic E-state index is 0.0436. The predicted octanol–water partition coefficient (Wildman–Crippen LogP) is 2.03. The van der Waals surface area contributed by atoms with Crippen LogP contribution in [-0.4, -0.2) is 18.5 Å². The van der Waals surface area contributed by atoms with Crippen molar-refractivity contribution >= 4 is 5.91 Å². The summed E-state index contributed by atoms with van der Waals surface area (Å²) in [4.78, 5) is 11.8. The zero-order valence-electron chi connectivity index (χ0n) is 11.6. The maximum atomic E-state index is 11.8. The fourth-order valence-corrected chi connectivity index (χ4v) is 1.84. The Morgan fingerprint density at radius 2 is 2.06 bits per heavy atom. The molecule has 0 bridgehead atoms. The Hall–Kier alpha value is -1.35. The van der Waals surface area contributed by atoms with E-state index in [9.17, 15) is 4.79 Å². The molecule has 3 heteroatoms. The summed E-state index contributed by atoms with van der Waals surface area (Å²) in [5, 5.41) is 2.91. The molecule has 0 aliphatic rings. The number of aryl methyl sites for hydroxylation is 1. The smallest absolute Gasteiger partial charge is 0.237 e. The quantitative estimate of drug-likeness (QED) is 0.809. The minimum Gasteiger partial charge on any atom is -0.354 e. The molecule has 1 amide bonds. The number of hydrogen-bond donors (Lipinski definition) is 2. The van der Waals surface area contributed by atoms with Crippen LogP contribution in [0.2, 0.25) is 0 Å². The first-order valence-corrected chi connectivity index (χ1v) is 6.64. The summed E-state index contributed by atoms with van der Waals surface area (Å²) in [6.07, 6.45) is 1.78. The Bertz CT molecular complexity index is 390. The van der Waals surface area contributed by atoms with Crippen LogP contribution in [0.5, 0.6) is 0 Å². The first-order chi connectivity index (χ1) is 8.56. The van der Waals surface area contributed by atoms with Gasteiger partial charge in [-0.25, -0.2) is 0 Å². The van der Waals surface area contributed by atoms with E-state index in [-0.39, 0.29) is 11.8 Å². The number of carbonyl (C=O) groups is 1. The van der Waals surface area contributed by atoms with Gasteiger partial charge in [0.1, 0.15) is 0 Å². The third kappa shape index (κ3) is 4.15. The van der Waals surface area contributed by atoms with Crippen LogP contribution in [0.4, 0.5) is 0 Å². The summed E-state index contributed by atoms with van der Waals surface area (Å²) < 4.78 is 0. The Balaban J connectivity index is 2.38. The molecule has 0 saturated heterocycles. The summed E-state index contributed by atoms with van der Waals surface area (Å²) in [5.41, 5.74) is 8.40. The molecule has 2 atom stereocenters. The van der Waals surface area contributed by atoms with Gasteiger partial charge in [-0.2, -0.15) is 0 Å². The molecule has 3 nitrogen and oxygen atoms in total. The Morgan fingerprint density at radius 1 is 1.39 bits per heavy atom. The molecule has 0 aliphatic heterocycles. The lowest BCUT2D eigenvalue weighted by Gasteiger charge is -2.17. The summed E-state index contributed by atoms with van der Waals surface area (Å²) in [5.74, 6) is 0.182. The molecule has 0 radical (unpaired) electrons. The van der Waals surface area contributed by atoms with Crippen molar-refractivity contribution in [3.05, 3.63) is 35.4 Å². The van der Waals surface area contributed by atoms with Gasteiger partial charge in [0.15, 0.2) is 0 Å². The topological polar surface area (TPSA) is 55.1 Å². The van der Waals surface area contributed by atoms with Crippen molar-refractivity contribution in [1.82, 2.24) is 5.32 Å². The van der Waals surface area contributed by atoms with Crippen molar-refractivity contribution < 1.29 is 4.79 Å². The highest BCUT2D eigenvalue weighted by atomic mass is 16.2. The van der Waals surface area contributed by atoms with Gasteiger partial charge in [-0.05, 0) is 30.4 Å². The van der Waals surface area contributed by atoms with Crippen molar-refractivity contribution in [1.29, 1.82) is 0 Å². The number of carbonyl (C=O) groups excluding carboxylic acids is 1. The highest BCUT2D eigenvalue weighted by Gasteiger charge is 2.18. The van der Waals surface area contributed by atoms with Crippen molar-refractivity contribution in [3.8, 4) is 0 Å². The van der Waals surface area contributed by atoms with Crippen LogP contribution >= 0.6 is 0 Å². The van der Waals surface area contributed by atoms with E-state index in [1.54, 1.807) is 0 Å². The molecule has 1 aromatic carbocycles. The number of nitrogens with two attached hydrogens (primary N) is 1. The summed E-state index contributed by atoms with van der Waals surface area (Å²) >= 11 is 0. The van der Waals surface area contributed by atoms with E-state index in [4.69, 9.17) is 5.73 Å². The third-order valence-electron chi connectivity index (χ3n) is 3.51. The van der Waals surface area contributed by atoms with Gasteiger partial charge in [0.25, 0.3) is 0 Å². The van der Waals surface area contributed by atoms with Gasteiger partial charge < -0.3 is 11.1 Å². The normalized spacial score (nSPS) is 14.0. The fourth-order valence-electron chi connectivity index (χ4n) is 1.84. The fraction of sp³-hybridized carbons (Fsp3) is 0.533. The lowest BCUT2D eigenvalue weighted by Crippen LogP contribution is -2.45. The van der Waals surface area contributed by atoms with Crippen LogP contribution in [0.3, 0.4) is 0 Å². The number of hydrogen-bond acceptors (Lipinski definition) is 2. The average molecular weight is 248 g/mol. The molecule has 0 fully saturated rings. The zero-order valence-corrected chi connectivity index (χ0v) is 11.6. The van der Waals surface area contributed by atoms with Gasteiger partial charge in [-0.15, -0.1) is 0 Å². The molecule has 100 valence electrons. The molecule has 0 saturated carbocycles. The van der Waals surface area contributed by atoms with Crippen LogP contribution in [0, 0.1) is 12.8 Å². The van der Waals surface area contributed by atoms with Crippen molar-refractivity contribution in [2.45, 2.75) is 39.7 Å². The summed E-state index contributed by atoms with van der Waals surface area (Å²) in [7, 11) is 0. The molecular formula is C15H24N2O. The second-order valence-electron chi connectivity index (χ2n) is 4.88. The summed E-state index contributed by atoms with van der Waals surface area (Å²) in [6, 6.07) is 7.83. The second kappa shape index (κ2) is 7.17. The first kappa shape index (κ1) is 14.7. The molecule has 1 rings (SSSR count). The predicted molar refractivity (Wildman–Crippen MR) is 75.3 cm³/mol. The largest absolute Gasteiger partial charge is 0.354 e. The first-order valence-electron chi connectivity index (χ1n) is 6.64. The Kier molecular flexibility index (Phi) is 5.86. The van der Waals surface area contributed by atoms with Gasteiger partial charge in [0, 0.05) is 6.54 Å². The van der Waals surface area contributed by atoms with Crippen molar-refractivity contribution in [2.75, 3.05) is 6.54 Å². The van der Waals surface area contributed by atoms with Gasteiger partial charge in [0.05, 0.1) is 6.04 Å². The lowest BCUT2D eigenvalue weighted by molar-refractivity contribution is -0.123. The van der Waals surface area contributed by atoms with Crippen molar-refractivity contribution in [3.63, 3.8) is 0 Å². The van der Waals surface area contributed by atoms with Gasteiger partial charge >= 0.3 is 0 Å². The van der Waals surface area contributed by atoms with Gasteiger partial charge in [-0.1, -0.05) is 44.5 Å². The monoisotopic (exact) mass is 248 g/mol. The SMILES string of the molecule is CCC(C)[C@H](N)C(=O)NCCc1ccccc1C. The van der Waals surface area contributed by atoms with E-state index in [0.717, 1.165) is 12.8 Å². The number of benzene rings is 1. The molecule has 3 N–H and O–H groups in total. The molecule has 0 aliphatic carbocycles. The molecular weight excluding hydrogens is 224 g/mol. The molecule has 18 heavy (non-hydrogen) atoms. The standard InChI is InChI=1S/C15H24N2O/c1-4-11(2)14(16)15(18)17-10-9-13-8-6-5-7-12(13)3/h5-8,11,14H,4,9-10,16H2,1-3H3,(H,17,18)/t11?,14-/m0/s1. The van der Waals surface area contributed by atoms with Crippen molar-refractivity contribution in [2.24, 2.45) is 11.7 Å². The second-order valence-corrected chi connectivity index (χ2v) is 4.88. The maximum absolute atomic E-state index is 11.8. The maximum Gasteiger partial charge on any atom is 0.237 e. The Labute approximate surface area is 110 Å². The Morgan fingerprint density at radius 3 is 2.67 bits per heavy atom. The number of rotatable bonds is 6. The molecule has 0 aromatic heterocycles. The highest BCUT2D eigenvalue weighted by Crippen LogP contribution is 2.07. The van der Waals surface area contributed by atoms with E-state index in [1.165, 1.54) is 11.1 Å². The minimum atomic E-state index is -0.396. The lowest BCUT2D eigenvalue weighted by atomic mass is 9.99. The average Bonchev–Trinajstić information content (AvgIpc) is 2.39. The zero-order chi connectivity index (χ0) is 13.5. The van der Waals surface area contributed by atoms with Crippen LogP contribution in [0.25, 0.3) is 0 Å². The van der Waals surface area contributed by atoms with E-state index in [0.29, 0.717) is 6.54 Å². The number of nitrogens with one attached hydrogen (secondary N) is 1. The van der Waals surface area contributed by atoms with E-state index in [2.05, 4.69) is 24.4 Å².